The van der Waals surface area contributed by atoms with Crippen LogP contribution >= 0.6 is 23.1 Å². The number of nitrogens with zero attached hydrogens (tertiary/aromatic N) is 5. The number of pyridine rings is 1. The maximum absolute atomic E-state index is 11.8. The number of thioether (sulfide) groups is 1. The van der Waals surface area contributed by atoms with Crippen molar-refractivity contribution < 1.29 is 9.21 Å². The van der Waals surface area contributed by atoms with Crippen molar-refractivity contribution in [2.75, 3.05) is 11.1 Å². The minimum absolute atomic E-state index is 0.146. The average Bonchev–Trinajstić information content (AvgIpc) is 3.15. The Bertz CT molecular complexity index is 773. The topological polar surface area (TPSA) is 107 Å². The largest absolute Gasteiger partial charge is 0.411 e. The van der Waals surface area contributed by atoms with Gasteiger partial charge in [-0.15, -0.1) is 20.4 Å². The lowest BCUT2D eigenvalue weighted by Gasteiger charge is -1.97. The van der Waals surface area contributed by atoms with Crippen LogP contribution in [0.25, 0.3) is 11.5 Å². The molecule has 0 saturated heterocycles. The molecule has 0 atom stereocenters. The molecule has 0 aliphatic carbocycles. The normalized spacial score (nSPS) is 10.6. The molecular formula is C12H10N6O2S2. The van der Waals surface area contributed by atoms with Gasteiger partial charge in [0.2, 0.25) is 16.9 Å². The molecule has 0 aliphatic heterocycles. The van der Waals surface area contributed by atoms with Crippen molar-refractivity contribution in [1.29, 1.82) is 0 Å². The second-order valence-corrected chi connectivity index (χ2v) is 6.19. The molecule has 0 spiro atoms. The maximum atomic E-state index is 11.8. The van der Waals surface area contributed by atoms with Crippen LogP contribution in [-0.4, -0.2) is 37.0 Å². The third-order valence-electron chi connectivity index (χ3n) is 2.41. The van der Waals surface area contributed by atoms with Crippen molar-refractivity contribution in [3.8, 4) is 11.5 Å². The highest BCUT2D eigenvalue weighted by atomic mass is 32.2. The van der Waals surface area contributed by atoms with Crippen molar-refractivity contribution in [3.05, 3.63) is 29.5 Å². The van der Waals surface area contributed by atoms with Crippen molar-refractivity contribution >= 4 is 34.1 Å². The molecule has 8 nitrogen and oxygen atoms in total. The van der Waals surface area contributed by atoms with E-state index in [-0.39, 0.29) is 11.7 Å². The number of aryl methyl sites for hydroxylation is 1. The van der Waals surface area contributed by atoms with Crippen LogP contribution < -0.4 is 5.32 Å². The van der Waals surface area contributed by atoms with Gasteiger partial charge in [-0.25, -0.2) is 0 Å². The third kappa shape index (κ3) is 3.65. The molecule has 0 aromatic carbocycles. The molecule has 1 amide bonds. The number of hydrogen-bond donors (Lipinski definition) is 1. The summed E-state index contributed by atoms with van der Waals surface area (Å²) in [5.41, 5.74) is 0.732. The smallest absolute Gasteiger partial charge is 0.277 e. The van der Waals surface area contributed by atoms with E-state index in [1.807, 2.05) is 13.0 Å². The number of nitrogens with one attached hydrogen (secondary N) is 1. The summed E-state index contributed by atoms with van der Waals surface area (Å²) < 4.78 is 5.47. The highest BCUT2D eigenvalue weighted by Gasteiger charge is 2.12. The molecule has 0 unspecified atom stereocenters. The summed E-state index contributed by atoms with van der Waals surface area (Å²) in [4.78, 5) is 15.8. The van der Waals surface area contributed by atoms with Gasteiger partial charge in [0.1, 0.15) is 5.01 Å². The SMILES string of the molecule is Cc1nnc(NC(=O)CSc2nnc(-c3cccnc3)o2)s1. The Morgan fingerprint density at radius 2 is 2.27 bits per heavy atom. The molecule has 0 aliphatic rings. The first-order valence-electron chi connectivity index (χ1n) is 6.17. The number of amides is 1. The van der Waals surface area contributed by atoms with E-state index in [4.69, 9.17) is 4.42 Å². The van der Waals surface area contributed by atoms with Crippen molar-refractivity contribution in [2.24, 2.45) is 0 Å². The van der Waals surface area contributed by atoms with Gasteiger partial charge in [-0.1, -0.05) is 23.1 Å². The summed E-state index contributed by atoms with van der Waals surface area (Å²) in [6.45, 7) is 1.82. The molecule has 0 radical (unpaired) electrons. The molecule has 0 saturated carbocycles. The highest BCUT2D eigenvalue weighted by molar-refractivity contribution is 7.99. The van der Waals surface area contributed by atoms with Gasteiger partial charge < -0.3 is 4.42 Å². The molecule has 3 aromatic rings. The summed E-state index contributed by atoms with van der Waals surface area (Å²) in [5.74, 6) is 0.311. The van der Waals surface area contributed by atoms with Crippen LogP contribution in [0.3, 0.4) is 0 Å². The first kappa shape index (κ1) is 14.6. The fourth-order valence-corrected chi connectivity index (χ4v) is 2.67. The minimum Gasteiger partial charge on any atom is -0.411 e. The molecular weight excluding hydrogens is 324 g/mol. The second-order valence-electron chi connectivity index (χ2n) is 4.08. The van der Waals surface area contributed by atoms with Gasteiger partial charge in [0.05, 0.1) is 11.3 Å². The van der Waals surface area contributed by atoms with E-state index in [1.54, 1.807) is 18.5 Å². The van der Waals surface area contributed by atoms with Gasteiger partial charge in [-0.3, -0.25) is 15.1 Å². The number of anilines is 1. The molecule has 3 rings (SSSR count). The summed E-state index contributed by atoms with van der Waals surface area (Å²) in [6.07, 6.45) is 3.29. The van der Waals surface area contributed by atoms with E-state index in [0.717, 1.165) is 22.3 Å². The zero-order valence-corrected chi connectivity index (χ0v) is 13.0. The third-order valence-corrected chi connectivity index (χ3v) is 3.99. The number of aromatic nitrogens is 5. The van der Waals surface area contributed by atoms with E-state index in [0.29, 0.717) is 16.2 Å². The second kappa shape index (κ2) is 6.62. The molecule has 3 heterocycles. The maximum Gasteiger partial charge on any atom is 0.277 e. The minimum atomic E-state index is -0.206. The number of carbonyl (C=O) groups is 1. The van der Waals surface area contributed by atoms with Crippen LogP contribution in [0, 0.1) is 6.92 Å². The first-order valence-corrected chi connectivity index (χ1v) is 7.97. The van der Waals surface area contributed by atoms with Gasteiger partial charge >= 0.3 is 0 Å². The average molecular weight is 334 g/mol. The van der Waals surface area contributed by atoms with E-state index in [1.165, 1.54) is 11.3 Å². The summed E-state index contributed by atoms with van der Waals surface area (Å²) in [7, 11) is 0. The van der Waals surface area contributed by atoms with Gasteiger partial charge in [0.15, 0.2) is 0 Å². The predicted molar refractivity (Wildman–Crippen MR) is 81.5 cm³/mol. The summed E-state index contributed by atoms with van der Waals surface area (Å²) in [6, 6.07) is 3.60. The van der Waals surface area contributed by atoms with Crippen molar-refractivity contribution in [3.63, 3.8) is 0 Å². The molecule has 112 valence electrons. The van der Waals surface area contributed by atoms with Crippen LogP contribution in [0.1, 0.15) is 5.01 Å². The lowest BCUT2D eigenvalue weighted by Crippen LogP contribution is -2.13. The number of carbonyl (C=O) groups excluding carboxylic acids is 1. The Kier molecular flexibility index (Phi) is 4.39. The van der Waals surface area contributed by atoms with Crippen molar-refractivity contribution in [1.82, 2.24) is 25.4 Å². The summed E-state index contributed by atoms with van der Waals surface area (Å²) >= 11 is 2.47. The summed E-state index contributed by atoms with van der Waals surface area (Å²) in [5, 5.41) is 19.7. The predicted octanol–water partition coefficient (Wildman–Crippen LogP) is 2.02. The quantitative estimate of drug-likeness (QED) is 0.706. The van der Waals surface area contributed by atoms with Gasteiger partial charge in [-0.05, 0) is 19.1 Å². The van der Waals surface area contributed by atoms with Crippen LogP contribution in [-0.2, 0) is 4.79 Å². The van der Waals surface area contributed by atoms with Crippen LogP contribution in [0.4, 0.5) is 5.13 Å². The number of rotatable bonds is 5. The van der Waals surface area contributed by atoms with E-state index in [9.17, 15) is 4.79 Å². The standard InChI is InChI=1S/C12H10N6O2S2/c1-7-15-17-11(22-7)14-9(19)6-21-12-18-16-10(20-12)8-3-2-4-13-5-8/h2-5H,6H2,1H3,(H,14,17,19). The Balaban J connectivity index is 1.56. The Hall–Kier alpha value is -2.33. The molecule has 0 bridgehead atoms. The first-order chi connectivity index (χ1) is 10.7. The fourth-order valence-electron chi connectivity index (χ4n) is 1.50. The fraction of sp³-hybridized carbons (Fsp3) is 0.167. The zero-order chi connectivity index (χ0) is 15.4. The molecule has 1 N–H and O–H groups in total. The molecule has 3 aromatic heterocycles. The van der Waals surface area contributed by atoms with E-state index >= 15 is 0 Å². The Labute approximate surface area is 133 Å². The van der Waals surface area contributed by atoms with Gasteiger partial charge in [0.25, 0.3) is 5.22 Å². The van der Waals surface area contributed by atoms with Crippen molar-refractivity contribution in [2.45, 2.75) is 12.1 Å². The zero-order valence-electron chi connectivity index (χ0n) is 11.4. The lowest BCUT2D eigenvalue weighted by molar-refractivity contribution is -0.113. The van der Waals surface area contributed by atoms with Crippen LogP contribution in [0.2, 0.25) is 0 Å². The lowest BCUT2D eigenvalue weighted by atomic mass is 10.3. The van der Waals surface area contributed by atoms with Gasteiger partial charge in [-0.2, -0.15) is 0 Å². The molecule has 22 heavy (non-hydrogen) atoms. The molecule has 10 heteroatoms. The van der Waals surface area contributed by atoms with Gasteiger partial charge in [0, 0.05) is 12.4 Å². The van der Waals surface area contributed by atoms with E-state index in [2.05, 4.69) is 30.7 Å². The monoisotopic (exact) mass is 334 g/mol. The van der Waals surface area contributed by atoms with Crippen LogP contribution in [0.5, 0.6) is 0 Å². The Morgan fingerprint density at radius 1 is 1.36 bits per heavy atom. The van der Waals surface area contributed by atoms with Crippen LogP contribution in [0.15, 0.2) is 34.2 Å². The number of hydrogen-bond acceptors (Lipinski definition) is 9. The Morgan fingerprint density at radius 3 is 3.00 bits per heavy atom. The highest BCUT2D eigenvalue weighted by Crippen LogP contribution is 2.22. The molecule has 0 fully saturated rings. The van der Waals surface area contributed by atoms with E-state index < -0.39 is 0 Å².